The number of hydrogen-bond acceptors (Lipinski definition) is 7. The van der Waals surface area contributed by atoms with Crippen molar-refractivity contribution in [2.45, 2.75) is 52.4 Å². The molecule has 1 aromatic carbocycles. The molecule has 1 unspecified atom stereocenters. The molecule has 186 valence electrons. The highest BCUT2D eigenvalue weighted by atomic mass is 32.2. The van der Waals surface area contributed by atoms with Gasteiger partial charge in [-0.1, -0.05) is 34.1 Å². The number of nitrogens with zero attached hydrogens (tertiary/aromatic N) is 3. The zero-order chi connectivity index (χ0) is 25.3. The molecule has 1 fully saturated rings. The minimum absolute atomic E-state index is 0.0318. The molecule has 1 N–H and O–H groups in total. The number of aromatic nitrogens is 2. The van der Waals surface area contributed by atoms with Crippen LogP contribution in [0.1, 0.15) is 52.3 Å². The summed E-state index contributed by atoms with van der Waals surface area (Å²) >= 11 is 0. The van der Waals surface area contributed by atoms with E-state index in [0.29, 0.717) is 31.0 Å². The van der Waals surface area contributed by atoms with Gasteiger partial charge in [-0.05, 0) is 70.2 Å². The molecule has 3 heterocycles. The average Bonchev–Trinajstić information content (AvgIpc) is 3.38. The molecule has 10 heteroatoms. The third-order valence-electron chi connectivity index (χ3n) is 6.20. The fraction of sp³-hybridized carbons (Fsp3) is 0.400. The number of sulfonamides is 1. The van der Waals surface area contributed by atoms with Gasteiger partial charge in [-0.2, -0.15) is 4.31 Å². The summed E-state index contributed by atoms with van der Waals surface area (Å²) in [5.74, 6) is 0.272. The van der Waals surface area contributed by atoms with Crippen molar-refractivity contribution in [1.82, 2.24) is 14.6 Å². The molecule has 1 aliphatic rings. The maximum absolute atomic E-state index is 13.6. The first kappa shape index (κ1) is 24.9. The molecular formula is C25H30N4O5S. The summed E-state index contributed by atoms with van der Waals surface area (Å²) in [6.07, 6.45) is 4.65. The van der Waals surface area contributed by atoms with Crippen LogP contribution in [0.15, 0.2) is 32.1 Å². The Morgan fingerprint density at radius 1 is 1.06 bits per heavy atom. The monoisotopic (exact) mass is 498 g/mol. The normalized spacial score (nSPS) is 17.2. The lowest BCUT2D eigenvalue weighted by atomic mass is 9.99. The van der Waals surface area contributed by atoms with Gasteiger partial charge in [0.2, 0.25) is 15.9 Å². The van der Waals surface area contributed by atoms with Gasteiger partial charge in [-0.3, -0.25) is 4.79 Å². The second kappa shape index (κ2) is 9.79. The Morgan fingerprint density at radius 3 is 2.43 bits per heavy atom. The van der Waals surface area contributed by atoms with E-state index in [1.165, 1.54) is 9.87 Å². The summed E-state index contributed by atoms with van der Waals surface area (Å²) in [4.78, 5) is 12.8. The lowest BCUT2D eigenvalue weighted by Crippen LogP contribution is -2.43. The van der Waals surface area contributed by atoms with Crippen LogP contribution in [0.4, 0.5) is 5.82 Å². The van der Waals surface area contributed by atoms with Crippen molar-refractivity contribution in [3.8, 4) is 0 Å². The van der Waals surface area contributed by atoms with Crippen LogP contribution in [-0.2, 0) is 14.8 Å². The second-order valence-electron chi connectivity index (χ2n) is 9.12. The summed E-state index contributed by atoms with van der Waals surface area (Å²) in [6, 6.07) is 5.77. The Kier molecular flexibility index (Phi) is 6.95. The first-order chi connectivity index (χ1) is 16.6. The Balaban J connectivity index is 1.57. The van der Waals surface area contributed by atoms with Crippen molar-refractivity contribution >= 4 is 33.9 Å². The number of aryl methyl sites for hydroxylation is 5. The van der Waals surface area contributed by atoms with Crippen LogP contribution in [0.5, 0.6) is 0 Å². The summed E-state index contributed by atoms with van der Waals surface area (Å²) < 4.78 is 39.0. The lowest BCUT2D eigenvalue weighted by Gasteiger charge is -2.30. The van der Waals surface area contributed by atoms with Gasteiger partial charge in [0.05, 0.1) is 5.92 Å². The Morgan fingerprint density at radius 2 is 1.77 bits per heavy atom. The maximum Gasteiger partial charge on any atom is 0.248 e. The van der Waals surface area contributed by atoms with Gasteiger partial charge in [0.15, 0.2) is 16.5 Å². The highest BCUT2D eigenvalue weighted by molar-refractivity contribution is 7.89. The molecule has 4 rings (SSSR count). The van der Waals surface area contributed by atoms with E-state index in [1.807, 2.05) is 26.8 Å². The quantitative estimate of drug-likeness (QED) is 0.534. The molecule has 0 saturated carbocycles. The fourth-order valence-corrected chi connectivity index (χ4v) is 6.34. The standard InChI is InChI=1S/C25H30N4O5S/c1-15-11-16(2)21(17(3)12-15)8-9-22-24(19(5)27-34-22)35(31,32)29-10-6-7-20(14-29)25(30)26-23-13-18(4)33-28-23/h8-9,11-13,20H,6-7,10,14H2,1-5H3,(H,26,28,30). The molecule has 1 aliphatic heterocycles. The predicted octanol–water partition coefficient (Wildman–Crippen LogP) is 4.41. The molecule has 0 bridgehead atoms. The Labute approximate surface area is 205 Å². The van der Waals surface area contributed by atoms with Gasteiger partial charge in [0.25, 0.3) is 0 Å². The van der Waals surface area contributed by atoms with Gasteiger partial charge in [-0.15, -0.1) is 0 Å². The van der Waals surface area contributed by atoms with Gasteiger partial charge in [0.1, 0.15) is 11.5 Å². The maximum atomic E-state index is 13.6. The first-order valence-electron chi connectivity index (χ1n) is 11.5. The molecule has 1 saturated heterocycles. The summed E-state index contributed by atoms with van der Waals surface area (Å²) in [5, 5.41) is 10.4. The van der Waals surface area contributed by atoms with Crippen molar-refractivity contribution in [2.24, 2.45) is 5.92 Å². The molecule has 9 nitrogen and oxygen atoms in total. The minimum atomic E-state index is -3.93. The molecule has 3 aromatic rings. The van der Waals surface area contributed by atoms with E-state index < -0.39 is 15.9 Å². The highest BCUT2D eigenvalue weighted by Crippen LogP contribution is 2.30. The number of amides is 1. The van der Waals surface area contributed by atoms with Gasteiger partial charge in [0, 0.05) is 19.2 Å². The predicted molar refractivity (Wildman–Crippen MR) is 132 cm³/mol. The smallest absolute Gasteiger partial charge is 0.248 e. The summed E-state index contributed by atoms with van der Waals surface area (Å²) in [6.45, 7) is 9.79. The van der Waals surface area contributed by atoms with E-state index >= 15 is 0 Å². The Bertz CT molecular complexity index is 1360. The van der Waals surface area contributed by atoms with E-state index in [4.69, 9.17) is 9.05 Å². The molecule has 1 amide bonds. The van der Waals surface area contributed by atoms with Crippen molar-refractivity contribution in [3.63, 3.8) is 0 Å². The number of rotatable bonds is 6. The van der Waals surface area contributed by atoms with E-state index in [0.717, 1.165) is 16.7 Å². The third kappa shape index (κ3) is 5.23. The molecule has 0 aliphatic carbocycles. The van der Waals surface area contributed by atoms with Crippen LogP contribution in [0.25, 0.3) is 12.2 Å². The van der Waals surface area contributed by atoms with E-state index in [1.54, 1.807) is 26.0 Å². The third-order valence-corrected chi connectivity index (χ3v) is 8.23. The van der Waals surface area contributed by atoms with Crippen molar-refractivity contribution < 1.29 is 22.3 Å². The number of hydrogen-bond donors (Lipinski definition) is 1. The number of benzene rings is 1. The van der Waals surface area contributed by atoms with Crippen LogP contribution >= 0.6 is 0 Å². The molecule has 35 heavy (non-hydrogen) atoms. The molecule has 2 aromatic heterocycles. The molecular weight excluding hydrogens is 468 g/mol. The van der Waals surface area contributed by atoms with Crippen molar-refractivity contribution in [1.29, 1.82) is 0 Å². The Hall–Kier alpha value is -3.24. The van der Waals surface area contributed by atoms with Crippen molar-refractivity contribution in [2.75, 3.05) is 18.4 Å². The number of anilines is 1. The summed E-state index contributed by atoms with van der Waals surface area (Å²) in [7, 11) is -3.93. The first-order valence-corrected chi connectivity index (χ1v) is 13.0. The molecule has 0 radical (unpaired) electrons. The van der Waals surface area contributed by atoms with Crippen LogP contribution in [-0.4, -0.2) is 42.0 Å². The average molecular weight is 499 g/mol. The number of carbonyl (C=O) groups is 1. The summed E-state index contributed by atoms with van der Waals surface area (Å²) in [5.41, 5.74) is 4.63. The van der Waals surface area contributed by atoms with Gasteiger partial charge < -0.3 is 14.4 Å². The lowest BCUT2D eigenvalue weighted by molar-refractivity contribution is -0.120. The van der Waals surface area contributed by atoms with E-state index in [2.05, 4.69) is 27.8 Å². The van der Waals surface area contributed by atoms with Crippen LogP contribution in [0.3, 0.4) is 0 Å². The largest absolute Gasteiger partial charge is 0.360 e. The number of piperidine rings is 1. The zero-order valence-corrected chi connectivity index (χ0v) is 21.4. The second-order valence-corrected chi connectivity index (χ2v) is 11.0. The minimum Gasteiger partial charge on any atom is -0.360 e. The fourth-order valence-electron chi connectivity index (χ4n) is 4.57. The highest BCUT2D eigenvalue weighted by Gasteiger charge is 2.37. The number of nitrogens with one attached hydrogen (secondary N) is 1. The number of carbonyl (C=O) groups excluding carboxylic acids is 1. The van der Waals surface area contributed by atoms with E-state index in [-0.39, 0.29) is 28.8 Å². The van der Waals surface area contributed by atoms with Crippen LogP contribution in [0, 0.1) is 40.5 Å². The molecule has 0 spiro atoms. The zero-order valence-electron chi connectivity index (χ0n) is 20.6. The van der Waals surface area contributed by atoms with Crippen molar-refractivity contribution in [3.05, 3.63) is 57.7 Å². The van der Waals surface area contributed by atoms with Crippen LogP contribution in [0.2, 0.25) is 0 Å². The van der Waals surface area contributed by atoms with Crippen LogP contribution < -0.4 is 5.32 Å². The van der Waals surface area contributed by atoms with Gasteiger partial charge in [-0.25, -0.2) is 8.42 Å². The molecule has 1 atom stereocenters. The SMILES string of the molecule is Cc1cc(C)c(C=Cc2onc(C)c2S(=O)(=O)N2CCCC(C(=O)Nc3cc(C)on3)C2)c(C)c1. The topological polar surface area (TPSA) is 119 Å². The van der Waals surface area contributed by atoms with Gasteiger partial charge >= 0.3 is 0 Å². The van der Waals surface area contributed by atoms with E-state index in [9.17, 15) is 13.2 Å².